The van der Waals surface area contributed by atoms with Crippen LogP contribution in [0.15, 0.2) is 0 Å². The van der Waals surface area contributed by atoms with Crippen molar-refractivity contribution in [3.63, 3.8) is 0 Å². The molecule has 1 heterocycles. The van der Waals surface area contributed by atoms with Crippen molar-refractivity contribution in [1.82, 2.24) is 0 Å². The molecule has 0 aliphatic carbocycles. The monoisotopic (exact) mass is 146 g/mol. The second kappa shape index (κ2) is 8.92. The Kier molecular flexibility index (Phi) is 8.85. The standard InChI is InChI=1S/C4H8O2.C4H10/c1-2-5-4-6-3-1;1-3-4-2/h1-4H2;3-4H2,1-2H3. The van der Waals surface area contributed by atoms with Gasteiger partial charge in [0.2, 0.25) is 0 Å². The minimum atomic E-state index is 0.500. The average molecular weight is 146 g/mol. The average Bonchev–Trinajstić information content (AvgIpc) is 2.08. The lowest BCUT2D eigenvalue weighted by Crippen LogP contribution is -2.11. The molecule has 1 aliphatic heterocycles. The molecule has 0 atom stereocenters. The van der Waals surface area contributed by atoms with Crippen LogP contribution in [0, 0.1) is 0 Å². The van der Waals surface area contributed by atoms with E-state index >= 15 is 0 Å². The molecule has 2 nitrogen and oxygen atoms in total. The van der Waals surface area contributed by atoms with Crippen molar-refractivity contribution in [2.24, 2.45) is 0 Å². The molecule has 10 heavy (non-hydrogen) atoms. The number of rotatable bonds is 1. The zero-order valence-electron chi connectivity index (χ0n) is 7.06. The highest BCUT2D eigenvalue weighted by Crippen LogP contribution is 1.91. The van der Waals surface area contributed by atoms with E-state index in [4.69, 9.17) is 9.47 Å². The van der Waals surface area contributed by atoms with Gasteiger partial charge in [-0.05, 0) is 6.42 Å². The van der Waals surface area contributed by atoms with E-state index in [0.29, 0.717) is 6.79 Å². The van der Waals surface area contributed by atoms with Crippen LogP contribution in [-0.4, -0.2) is 20.0 Å². The third-order valence-electron chi connectivity index (χ3n) is 1.24. The second-order valence-corrected chi connectivity index (χ2v) is 2.29. The van der Waals surface area contributed by atoms with E-state index in [0.717, 1.165) is 19.6 Å². The number of hydrogen-bond acceptors (Lipinski definition) is 2. The highest BCUT2D eigenvalue weighted by Gasteiger charge is 1.94. The van der Waals surface area contributed by atoms with Crippen LogP contribution in [0.5, 0.6) is 0 Å². The Hall–Kier alpha value is -0.0800. The van der Waals surface area contributed by atoms with Gasteiger partial charge in [-0.3, -0.25) is 0 Å². The van der Waals surface area contributed by atoms with Crippen molar-refractivity contribution in [2.75, 3.05) is 20.0 Å². The fraction of sp³-hybridized carbons (Fsp3) is 1.00. The maximum atomic E-state index is 4.85. The van der Waals surface area contributed by atoms with Gasteiger partial charge in [0, 0.05) is 0 Å². The Morgan fingerprint density at radius 2 is 1.50 bits per heavy atom. The Labute approximate surface area is 63.5 Å². The molecule has 0 aromatic rings. The third-order valence-corrected chi connectivity index (χ3v) is 1.24. The molecule has 0 amide bonds. The molecule has 0 N–H and O–H groups in total. The van der Waals surface area contributed by atoms with E-state index in [1.54, 1.807) is 0 Å². The van der Waals surface area contributed by atoms with Crippen molar-refractivity contribution >= 4 is 0 Å². The van der Waals surface area contributed by atoms with Crippen molar-refractivity contribution in [1.29, 1.82) is 0 Å². The van der Waals surface area contributed by atoms with Gasteiger partial charge in [-0.15, -0.1) is 0 Å². The molecule has 0 unspecified atom stereocenters. The van der Waals surface area contributed by atoms with Crippen LogP contribution in [0.4, 0.5) is 0 Å². The predicted octanol–water partition coefficient (Wildman–Crippen LogP) is 2.19. The van der Waals surface area contributed by atoms with Crippen molar-refractivity contribution in [2.45, 2.75) is 33.1 Å². The molecule has 1 saturated heterocycles. The van der Waals surface area contributed by atoms with Gasteiger partial charge in [-0.1, -0.05) is 26.7 Å². The van der Waals surface area contributed by atoms with Gasteiger partial charge in [0.25, 0.3) is 0 Å². The molecular weight excluding hydrogens is 128 g/mol. The van der Waals surface area contributed by atoms with Gasteiger partial charge < -0.3 is 9.47 Å². The van der Waals surface area contributed by atoms with E-state index < -0.39 is 0 Å². The lowest BCUT2D eigenvalue weighted by molar-refractivity contribution is -0.0963. The van der Waals surface area contributed by atoms with Crippen LogP contribution in [0.2, 0.25) is 0 Å². The van der Waals surface area contributed by atoms with Gasteiger partial charge in [-0.2, -0.15) is 0 Å². The van der Waals surface area contributed by atoms with Crippen molar-refractivity contribution in [3.8, 4) is 0 Å². The van der Waals surface area contributed by atoms with Crippen LogP contribution in [-0.2, 0) is 9.47 Å². The fourth-order valence-corrected chi connectivity index (χ4v) is 0.440. The number of unbranched alkanes of at least 4 members (excludes halogenated alkanes) is 1. The highest BCUT2D eigenvalue weighted by molar-refractivity contribution is 4.34. The summed E-state index contributed by atoms with van der Waals surface area (Å²) in [5, 5.41) is 0. The molecule has 1 fully saturated rings. The van der Waals surface area contributed by atoms with Crippen molar-refractivity contribution < 1.29 is 9.47 Å². The van der Waals surface area contributed by atoms with Gasteiger partial charge in [0.15, 0.2) is 0 Å². The summed E-state index contributed by atoms with van der Waals surface area (Å²) in [7, 11) is 0. The maximum Gasteiger partial charge on any atom is 0.146 e. The van der Waals surface area contributed by atoms with Crippen LogP contribution in [0.3, 0.4) is 0 Å². The predicted molar refractivity (Wildman–Crippen MR) is 42.0 cm³/mol. The zero-order valence-corrected chi connectivity index (χ0v) is 7.06. The van der Waals surface area contributed by atoms with Gasteiger partial charge in [0.05, 0.1) is 13.2 Å². The Morgan fingerprint density at radius 1 is 1.00 bits per heavy atom. The lowest BCUT2D eigenvalue weighted by atomic mass is 10.4. The summed E-state index contributed by atoms with van der Waals surface area (Å²) in [5.74, 6) is 0. The first-order chi connectivity index (χ1) is 4.91. The fourth-order valence-electron chi connectivity index (χ4n) is 0.440. The molecule has 1 aliphatic rings. The Balaban J connectivity index is 0.000000180. The van der Waals surface area contributed by atoms with Crippen LogP contribution in [0.1, 0.15) is 33.1 Å². The normalized spacial score (nSPS) is 17.4. The Morgan fingerprint density at radius 3 is 1.60 bits per heavy atom. The summed E-state index contributed by atoms with van der Waals surface area (Å²) in [6.07, 6.45) is 3.69. The third kappa shape index (κ3) is 7.92. The largest absolute Gasteiger partial charge is 0.355 e. The van der Waals surface area contributed by atoms with E-state index in [1.807, 2.05) is 0 Å². The summed E-state index contributed by atoms with van der Waals surface area (Å²) >= 11 is 0. The van der Waals surface area contributed by atoms with Gasteiger partial charge in [-0.25, -0.2) is 0 Å². The molecule has 62 valence electrons. The summed E-state index contributed by atoms with van der Waals surface area (Å²) in [4.78, 5) is 0. The molecule has 0 radical (unpaired) electrons. The second-order valence-electron chi connectivity index (χ2n) is 2.29. The Bertz CT molecular complexity index is 37.7. The number of ether oxygens (including phenoxy) is 2. The topological polar surface area (TPSA) is 18.5 Å². The van der Waals surface area contributed by atoms with Crippen LogP contribution in [0.25, 0.3) is 0 Å². The first-order valence-corrected chi connectivity index (χ1v) is 4.07. The van der Waals surface area contributed by atoms with Crippen LogP contribution >= 0.6 is 0 Å². The zero-order chi connectivity index (χ0) is 7.66. The molecule has 1 rings (SSSR count). The van der Waals surface area contributed by atoms with Gasteiger partial charge >= 0.3 is 0 Å². The quantitative estimate of drug-likeness (QED) is 0.564. The first-order valence-electron chi connectivity index (χ1n) is 4.07. The molecule has 0 aromatic carbocycles. The summed E-state index contributed by atoms with van der Waals surface area (Å²) in [6, 6.07) is 0. The number of hydrogen-bond donors (Lipinski definition) is 0. The first kappa shape index (κ1) is 9.92. The van der Waals surface area contributed by atoms with E-state index in [-0.39, 0.29) is 0 Å². The minimum Gasteiger partial charge on any atom is -0.355 e. The minimum absolute atomic E-state index is 0.500. The summed E-state index contributed by atoms with van der Waals surface area (Å²) < 4.78 is 9.69. The van der Waals surface area contributed by atoms with E-state index in [2.05, 4.69) is 13.8 Å². The lowest BCUT2D eigenvalue weighted by Gasteiger charge is -2.09. The molecule has 0 spiro atoms. The summed E-state index contributed by atoms with van der Waals surface area (Å²) in [6.45, 7) is 6.61. The molecule has 0 aromatic heterocycles. The smallest absolute Gasteiger partial charge is 0.146 e. The van der Waals surface area contributed by atoms with Crippen LogP contribution < -0.4 is 0 Å². The molecule has 0 bridgehead atoms. The van der Waals surface area contributed by atoms with E-state index in [9.17, 15) is 0 Å². The van der Waals surface area contributed by atoms with E-state index in [1.165, 1.54) is 12.8 Å². The molecule has 2 heteroatoms. The van der Waals surface area contributed by atoms with Gasteiger partial charge in [0.1, 0.15) is 6.79 Å². The maximum absolute atomic E-state index is 4.85. The summed E-state index contributed by atoms with van der Waals surface area (Å²) in [5.41, 5.74) is 0. The highest BCUT2D eigenvalue weighted by atomic mass is 16.7. The van der Waals surface area contributed by atoms with Crippen molar-refractivity contribution in [3.05, 3.63) is 0 Å². The molecule has 0 saturated carbocycles. The SMILES string of the molecule is C1COCOC1.CCCC. The molecular formula is C8H18O2.